The third-order valence-electron chi connectivity index (χ3n) is 6.41. The van der Waals surface area contributed by atoms with Gasteiger partial charge in [-0.2, -0.15) is 5.10 Å². The number of pyridine rings is 1. The summed E-state index contributed by atoms with van der Waals surface area (Å²) in [6.07, 6.45) is 2.91. The predicted octanol–water partition coefficient (Wildman–Crippen LogP) is 3.68. The molecular formula is C27H21FN8O2. The third kappa shape index (κ3) is 3.72. The molecule has 0 spiro atoms. The number of nitrogens with two attached hydrogens (primary N) is 1. The fourth-order valence-electron chi connectivity index (χ4n) is 4.65. The molecule has 0 atom stereocenters. The van der Waals surface area contributed by atoms with Crippen molar-refractivity contribution >= 4 is 27.9 Å². The zero-order chi connectivity index (χ0) is 26.6. The van der Waals surface area contributed by atoms with Crippen LogP contribution in [0.5, 0.6) is 5.75 Å². The van der Waals surface area contributed by atoms with Crippen LogP contribution in [-0.4, -0.2) is 39.4 Å². The van der Waals surface area contributed by atoms with E-state index in [4.69, 9.17) is 10.7 Å². The van der Waals surface area contributed by atoms with E-state index in [2.05, 4.69) is 20.1 Å². The summed E-state index contributed by atoms with van der Waals surface area (Å²) in [7, 11) is 0. The molecule has 188 valence electrons. The zero-order valence-corrected chi connectivity index (χ0v) is 20.4. The minimum atomic E-state index is -0.635. The maximum Gasteiger partial charge on any atom is 0.267 e. The summed E-state index contributed by atoms with van der Waals surface area (Å²) in [6, 6.07) is 12.9. The molecule has 0 radical (unpaired) electrons. The fourth-order valence-corrected chi connectivity index (χ4v) is 4.65. The lowest BCUT2D eigenvalue weighted by Crippen LogP contribution is -2.27. The fraction of sp³-hybridized carbons (Fsp3) is 0.111. The molecule has 0 bridgehead atoms. The van der Waals surface area contributed by atoms with Crippen molar-refractivity contribution < 1.29 is 9.50 Å². The van der Waals surface area contributed by atoms with Crippen LogP contribution in [0.3, 0.4) is 0 Å². The van der Waals surface area contributed by atoms with Gasteiger partial charge in [-0.25, -0.2) is 29.0 Å². The second-order valence-electron chi connectivity index (χ2n) is 8.94. The van der Waals surface area contributed by atoms with E-state index in [1.165, 1.54) is 23.1 Å². The normalized spacial score (nSPS) is 11.4. The van der Waals surface area contributed by atoms with Gasteiger partial charge in [0.1, 0.15) is 41.8 Å². The lowest BCUT2D eigenvalue weighted by atomic mass is 10.1. The third-order valence-corrected chi connectivity index (χ3v) is 6.41. The minimum Gasteiger partial charge on any atom is -0.508 e. The van der Waals surface area contributed by atoms with Gasteiger partial charge >= 0.3 is 0 Å². The van der Waals surface area contributed by atoms with Crippen LogP contribution in [0.25, 0.3) is 39.0 Å². The van der Waals surface area contributed by atoms with Crippen LogP contribution in [0.1, 0.15) is 17.0 Å². The number of benzene rings is 2. The summed E-state index contributed by atoms with van der Waals surface area (Å²) >= 11 is 0. The maximum absolute atomic E-state index is 14.2. The van der Waals surface area contributed by atoms with Crippen molar-refractivity contribution in [2.75, 3.05) is 5.73 Å². The number of aromatic hydroxyl groups is 1. The van der Waals surface area contributed by atoms with Crippen LogP contribution in [0.15, 0.2) is 65.8 Å². The Morgan fingerprint density at radius 3 is 2.61 bits per heavy atom. The van der Waals surface area contributed by atoms with Gasteiger partial charge < -0.3 is 10.8 Å². The van der Waals surface area contributed by atoms with Crippen molar-refractivity contribution in [3.63, 3.8) is 0 Å². The summed E-state index contributed by atoms with van der Waals surface area (Å²) < 4.78 is 17.2. The minimum absolute atomic E-state index is 0.0172. The van der Waals surface area contributed by atoms with E-state index < -0.39 is 5.82 Å². The largest absolute Gasteiger partial charge is 0.508 e. The van der Waals surface area contributed by atoms with Crippen LogP contribution in [0.2, 0.25) is 0 Å². The van der Waals surface area contributed by atoms with E-state index >= 15 is 0 Å². The number of phenols is 1. The highest BCUT2D eigenvalue weighted by molar-refractivity contribution is 5.98. The number of rotatable bonds is 4. The Kier molecular flexibility index (Phi) is 5.34. The molecule has 4 aromatic heterocycles. The number of hydrogen-bond acceptors (Lipinski definition) is 8. The summed E-state index contributed by atoms with van der Waals surface area (Å²) in [4.78, 5) is 31.4. The van der Waals surface area contributed by atoms with E-state index in [1.54, 1.807) is 16.8 Å². The first-order valence-corrected chi connectivity index (χ1v) is 11.7. The highest BCUT2D eigenvalue weighted by Gasteiger charge is 2.22. The molecule has 10 nitrogen and oxygen atoms in total. The Hall–Kier alpha value is -5.19. The highest BCUT2D eigenvalue weighted by atomic mass is 19.1. The number of phenolic OH excluding ortho intramolecular Hbond substituents is 1. The van der Waals surface area contributed by atoms with E-state index in [1.807, 2.05) is 38.1 Å². The molecule has 6 rings (SSSR count). The molecule has 0 unspecified atom stereocenters. The van der Waals surface area contributed by atoms with Gasteiger partial charge in [-0.1, -0.05) is 18.2 Å². The van der Waals surface area contributed by atoms with Crippen molar-refractivity contribution in [2.24, 2.45) is 0 Å². The molecule has 0 saturated heterocycles. The van der Waals surface area contributed by atoms with Gasteiger partial charge in [0.15, 0.2) is 11.3 Å². The quantitative estimate of drug-likeness (QED) is 0.368. The second-order valence-corrected chi connectivity index (χ2v) is 8.94. The first kappa shape index (κ1) is 23.2. The number of nitrogens with zero attached hydrogens (tertiary/aromatic N) is 7. The molecule has 4 heterocycles. The average molecular weight is 509 g/mol. The number of nitrogen functional groups attached to an aromatic ring is 1. The van der Waals surface area contributed by atoms with Crippen molar-refractivity contribution in [1.82, 2.24) is 34.3 Å². The number of para-hydroxylation sites is 1. The number of hydrogen-bond donors (Lipinski definition) is 2. The van der Waals surface area contributed by atoms with Crippen LogP contribution in [0, 0.1) is 19.7 Å². The van der Waals surface area contributed by atoms with Crippen molar-refractivity contribution in [2.45, 2.75) is 20.4 Å². The van der Waals surface area contributed by atoms with Crippen LogP contribution in [0.4, 0.5) is 10.2 Å². The first-order chi connectivity index (χ1) is 18.3. The Balaban J connectivity index is 1.63. The Morgan fingerprint density at radius 1 is 1.00 bits per heavy atom. The number of anilines is 1. The lowest BCUT2D eigenvalue weighted by molar-refractivity contribution is 0.469. The summed E-state index contributed by atoms with van der Waals surface area (Å²) in [5.41, 5.74) is 9.51. The van der Waals surface area contributed by atoms with E-state index in [0.29, 0.717) is 39.1 Å². The molecule has 11 heteroatoms. The van der Waals surface area contributed by atoms with E-state index in [0.717, 1.165) is 17.2 Å². The molecule has 3 N–H and O–H groups in total. The average Bonchev–Trinajstić information content (AvgIpc) is 3.24. The predicted molar refractivity (Wildman–Crippen MR) is 141 cm³/mol. The summed E-state index contributed by atoms with van der Waals surface area (Å²) in [6.45, 7) is 3.78. The lowest BCUT2D eigenvalue weighted by Gasteiger charge is -2.16. The first-order valence-electron chi connectivity index (χ1n) is 11.7. The molecule has 0 aliphatic heterocycles. The van der Waals surface area contributed by atoms with Gasteiger partial charge in [0, 0.05) is 17.8 Å². The molecule has 2 aromatic carbocycles. The second kappa shape index (κ2) is 8.73. The number of aromatic nitrogens is 7. The number of aryl methyl sites for hydroxylation is 2. The molecule has 0 fully saturated rings. The monoisotopic (exact) mass is 508 g/mol. The van der Waals surface area contributed by atoms with Crippen LogP contribution in [-0.2, 0) is 6.54 Å². The molecule has 0 aliphatic carbocycles. The van der Waals surface area contributed by atoms with Crippen molar-refractivity contribution in [1.29, 1.82) is 0 Å². The van der Waals surface area contributed by atoms with Crippen molar-refractivity contribution in [3.05, 3.63) is 94.2 Å². The Labute approximate surface area is 214 Å². The van der Waals surface area contributed by atoms with Gasteiger partial charge in [0.05, 0.1) is 16.5 Å². The number of fused-ring (bicyclic) bond motifs is 2. The standard InChI is InChI=1S/C27H21FN8O2/c1-14-5-3-4-6-19(14)36-20(33-25-21(27(36)38)15(2)7-8-30-25)12-35-26-22(24(29)31-13-32-26)23(34-35)16-9-17(28)11-18(37)10-16/h3-11,13,37H,12H2,1-2H3,(H2,29,31,32). The SMILES string of the molecule is Cc1ccccc1-n1c(Cn2nc(-c3cc(O)cc(F)c3)c3c(N)ncnc32)nc2nccc(C)c2c1=O. The Bertz CT molecular complexity index is 1930. The Morgan fingerprint density at radius 2 is 1.82 bits per heavy atom. The molecule has 0 amide bonds. The maximum atomic E-state index is 14.2. The van der Waals surface area contributed by atoms with Crippen LogP contribution >= 0.6 is 0 Å². The van der Waals surface area contributed by atoms with Crippen molar-refractivity contribution in [3.8, 4) is 22.7 Å². The van der Waals surface area contributed by atoms with Gasteiger partial charge in [-0.3, -0.25) is 9.36 Å². The summed E-state index contributed by atoms with van der Waals surface area (Å²) in [5.74, 6) is -0.390. The molecule has 0 aliphatic rings. The highest BCUT2D eigenvalue weighted by Crippen LogP contribution is 2.32. The van der Waals surface area contributed by atoms with Gasteiger partial charge in [-0.05, 0) is 49.2 Å². The van der Waals surface area contributed by atoms with Gasteiger partial charge in [0.25, 0.3) is 5.56 Å². The van der Waals surface area contributed by atoms with Gasteiger partial charge in [0.2, 0.25) is 0 Å². The smallest absolute Gasteiger partial charge is 0.267 e. The number of halogens is 1. The summed E-state index contributed by atoms with van der Waals surface area (Å²) in [5, 5.41) is 15.5. The molecule has 38 heavy (non-hydrogen) atoms. The van der Waals surface area contributed by atoms with Gasteiger partial charge in [-0.15, -0.1) is 0 Å². The van der Waals surface area contributed by atoms with Crippen LogP contribution < -0.4 is 11.3 Å². The molecular weight excluding hydrogens is 487 g/mol. The molecule has 6 aromatic rings. The molecule has 0 saturated carbocycles. The topological polar surface area (TPSA) is 138 Å². The zero-order valence-electron chi connectivity index (χ0n) is 20.4. The van der Waals surface area contributed by atoms with E-state index in [-0.39, 0.29) is 29.4 Å². The van der Waals surface area contributed by atoms with E-state index in [9.17, 15) is 14.3 Å².